The zero-order chi connectivity index (χ0) is 20.5. The summed E-state index contributed by atoms with van der Waals surface area (Å²) in [6, 6.07) is 25.1. The normalized spacial score (nSPS) is 11.8. The highest BCUT2D eigenvalue weighted by Crippen LogP contribution is 2.21. The fraction of sp³-hybridized carbons (Fsp3) is 0.160. The summed E-state index contributed by atoms with van der Waals surface area (Å²) in [4.78, 5) is 4.68. The molecule has 3 aromatic carbocycles. The van der Waals surface area contributed by atoms with Gasteiger partial charge in [-0.1, -0.05) is 37.3 Å². The van der Waals surface area contributed by atoms with Crippen LogP contribution in [0.15, 0.2) is 95.7 Å². The Bertz CT molecular complexity index is 976. The minimum absolute atomic E-state index is 0.484. The molecule has 0 atom stereocenters. The Kier molecular flexibility index (Phi) is 7.06. The Morgan fingerprint density at radius 1 is 0.862 bits per heavy atom. The SMILES string of the molecule is CCc1cccc(OC(=Nc2ccccc2)C(C)=COc2ccc(OC)cc2)c1. The van der Waals surface area contributed by atoms with Gasteiger partial charge in [0.05, 0.1) is 19.1 Å². The molecule has 0 aliphatic rings. The molecule has 0 aromatic heterocycles. The first-order valence-corrected chi connectivity index (χ1v) is 9.56. The van der Waals surface area contributed by atoms with Crippen molar-refractivity contribution in [1.29, 1.82) is 0 Å². The highest BCUT2D eigenvalue weighted by Gasteiger charge is 2.08. The summed E-state index contributed by atoms with van der Waals surface area (Å²) >= 11 is 0. The molecule has 148 valence electrons. The molecule has 0 aliphatic carbocycles. The van der Waals surface area contributed by atoms with Gasteiger partial charge in [0.1, 0.15) is 17.2 Å². The van der Waals surface area contributed by atoms with E-state index in [2.05, 4.69) is 18.0 Å². The van der Waals surface area contributed by atoms with E-state index in [4.69, 9.17) is 14.2 Å². The number of hydrogen-bond donors (Lipinski definition) is 0. The molecule has 0 bridgehead atoms. The summed E-state index contributed by atoms with van der Waals surface area (Å²) in [5, 5.41) is 0. The monoisotopic (exact) mass is 387 g/mol. The van der Waals surface area contributed by atoms with Crippen LogP contribution in [0.1, 0.15) is 19.4 Å². The van der Waals surface area contributed by atoms with Gasteiger partial charge in [-0.25, -0.2) is 4.99 Å². The van der Waals surface area contributed by atoms with Crippen molar-refractivity contribution in [3.8, 4) is 17.2 Å². The molecule has 3 rings (SSSR count). The first-order chi connectivity index (χ1) is 14.2. The van der Waals surface area contributed by atoms with Crippen LogP contribution in [0, 0.1) is 0 Å². The Hall–Kier alpha value is -3.53. The van der Waals surface area contributed by atoms with Crippen molar-refractivity contribution in [2.24, 2.45) is 4.99 Å². The van der Waals surface area contributed by atoms with Gasteiger partial charge >= 0.3 is 0 Å². The van der Waals surface area contributed by atoms with Crippen LogP contribution in [0.2, 0.25) is 0 Å². The van der Waals surface area contributed by atoms with E-state index in [0.29, 0.717) is 11.6 Å². The van der Waals surface area contributed by atoms with E-state index in [0.717, 1.165) is 29.2 Å². The standard InChI is InChI=1S/C25H25NO3/c1-4-20-9-8-12-24(17-20)29-25(26-21-10-6-5-7-11-21)19(2)18-28-23-15-13-22(27-3)14-16-23/h5-18H,4H2,1-3H3. The lowest BCUT2D eigenvalue weighted by atomic mass is 10.2. The molecule has 0 heterocycles. The van der Waals surface area contributed by atoms with Crippen LogP contribution >= 0.6 is 0 Å². The zero-order valence-corrected chi connectivity index (χ0v) is 17.0. The number of hydrogen-bond acceptors (Lipinski definition) is 4. The van der Waals surface area contributed by atoms with Crippen LogP contribution in [-0.2, 0) is 6.42 Å². The summed E-state index contributed by atoms with van der Waals surface area (Å²) < 4.78 is 17.1. The van der Waals surface area contributed by atoms with Gasteiger partial charge in [0, 0.05) is 5.57 Å². The Labute approximate surface area is 172 Å². The zero-order valence-electron chi connectivity index (χ0n) is 17.0. The van der Waals surface area contributed by atoms with Crippen molar-refractivity contribution in [1.82, 2.24) is 0 Å². The summed E-state index contributed by atoms with van der Waals surface area (Å²) in [7, 11) is 1.64. The molecule has 3 aromatic rings. The van der Waals surface area contributed by atoms with E-state index in [9.17, 15) is 0 Å². The predicted octanol–water partition coefficient (Wildman–Crippen LogP) is 6.35. The van der Waals surface area contributed by atoms with Crippen molar-refractivity contribution < 1.29 is 14.2 Å². The minimum atomic E-state index is 0.484. The average Bonchev–Trinajstić information content (AvgIpc) is 2.78. The van der Waals surface area contributed by atoms with E-state index in [1.165, 1.54) is 5.56 Å². The van der Waals surface area contributed by atoms with Gasteiger partial charge in [-0.05, 0) is 67.4 Å². The largest absolute Gasteiger partial charge is 0.497 e. The topological polar surface area (TPSA) is 40.0 Å². The van der Waals surface area contributed by atoms with Crippen molar-refractivity contribution in [3.05, 3.63) is 96.3 Å². The van der Waals surface area contributed by atoms with E-state index in [-0.39, 0.29) is 0 Å². The van der Waals surface area contributed by atoms with Crippen LogP contribution in [0.5, 0.6) is 17.2 Å². The van der Waals surface area contributed by atoms with Crippen molar-refractivity contribution >= 4 is 11.6 Å². The summed E-state index contributed by atoms with van der Waals surface area (Å²) in [5.74, 6) is 2.72. The maximum absolute atomic E-state index is 6.13. The Morgan fingerprint density at radius 2 is 1.59 bits per heavy atom. The second-order valence-electron chi connectivity index (χ2n) is 6.45. The van der Waals surface area contributed by atoms with Crippen LogP contribution < -0.4 is 14.2 Å². The third-order valence-electron chi connectivity index (χ3n) is 4.28. The molecule has 0 saturated heterocycles. The van der Waals surface area contributed by atoms with E-state index in [1.807, 2.05) is 79.7 Å². The lowest BCUT2D eigenvalue weighted by Gasteiger charge is -2.11. The number of rotatable bonds is 7. The van der Waals surface area contributed by atoms with Crippen LogP contribution in [0.3, 0.4) is 0 Å². The van der Waals surface area contributed by atoms with Crippen molar-refractivity contribution in [2.75, 3.05) is 7.11 Å². The second-order valence-corrected chi connectivity index (χ2v) is 6.45. The molecule has 4 nitrogen and oxygen atoms in total. The lowest BCUT2D eigenvalue weighted by Crippen LogP contribution is -2.11. The van der Waals surface area contributed by atoms with Gasteiger partial charge in [0.2, 0.25) is 5.90 Å². The van der Waals surface area contributed by atoms with Gasteiger partial charge in [-0.15, -0.1) is 0 Å². The van der Waals surface area contributed by atoms with E-state index < -0.39 is 0 Å². The number of ether oxygens (including phenoxy) is 3. The number of aliphatic imine (C=N–C) groups is 1. The molecule has 0 N–H and O–H groups in total. The minimum Gasteiger partial charge on any atom is -0.497 e. The molecule has 4 heteroatoms. The number of methoxy groups -OCH3 is 1. The van der Waals surface area contributed by atoms with Gasteiger partial charge in [-0.3, -0.25) is 0 Å². The smallest absolute Gasteiger partial charge is 0.225 e. The first kappa shape index (κ1) is 20.2. The van der Waals surface area contributed by atoms with Crippen LogP contribution in [-0.4, -0.2) is 13.0 Å². The summed E-state index contributed by atoms with van der Waals surface area (Å²) in [5.41, 5.74) is 2.79. The van der Waals surface area contributed by atoms with Crippen LogP contribution in [0.4, 0.5) is 5.69 Å². The molecular weight excluding hydrogens is 362 g/mol. The van der Waals surface area contributed by atoms with Gasteiger partial charge in [-0.2, -0.15) is 0 Å². The molecule has 0 aliphatic heterocycles. The van der Waals surface area contributed by atoms with E-state index in [1.54, 1.807) is 13.4 Å². The van der Waals surface area contributed by atoms with Gasteiger partial charge < -0.3 is 14.2 Å². The number of nitrogens with zero attached hydrogens (tertiary/aromatic N) is 1. The maximum Gasteiger partial charge on any atom is 0.225 e. The third kappa shape index (κ3) is 5.98. The lowest BCUT2D eigenvalue weighted by molar-refractivity contribution is 0.412. The fourth-order valence-corrected chi connectivity index (χ4v) is 2.61. The molecular formula is C25H25NO3. The maximum atomic E-state index is 6.13. The quantitative estimate of drug-likeness (QED) is 0.269. The second kappa shape index (κ2) is 10.1. The highest BCUT2D eigenvalue weighted by molar-refractivity contribution is 5.96. The fourth-order valence-electron chi connectivity index (χ4n) is 2.61. The molecule has 0 fully saturated rings. The number of para-hydroxylation sites is 1. The molecule has 29 heavy (non-hydrogen) atoms. The molecule has 0 saturated carbocycles. The van der Waals surface area contributed by atoms with Crippen molar-refractivity contribution in [2.45, 2.75) is 20.3 Å². The molecule has 0 unspecified atom stereocenters. The average molecular weight is 387 g/mol. The predicted molar refractivity (Wildman–Crippen MR) is 117 cm³/mol. The number of aryl methyl sites for hydroxylation is 1. The summed E-state index contributed by atoms with van der Waals surface area (Å²) in [6.07, 6.45) is 2.59. The van der Waals surface area contributed by atoms with Crippen molar-refractivity contribution in [3.63, 3.8) is 0 Å². The Balaban J connectivity index is 1.85. The van der Waals surface area contributed by atoms with Gasteiger partial charge in [0.25, 0.3) is 0 Å². The number of benzene rings is 3. The van der Waals surface area contributed by atoms with Gasteiger partial charge in [0.15, 0.2) is 0 Å². The third-order valence-corrected chi connectivity index (χ3v) is 4.28. The first-order valence-electron chi connectivity index (χ1n) is 9.56. The highest BCUT2D eigenvalue weighted by atomic mass is 16.5. The van der Waals surface area contributed by atoms with Crippen LogP contribution in [0.25, 0.3) is 0 Å². The molecule has 0 amide bonds. The molecule has 0 radical (unpaired) electrons. The summed E-state index contributed by atoms with van der Waals surface area (Å²) in [6.45, 7) is 4.03. The molecule has 0 spiro atoms. The Morgan fingerprint density at radius 3 is 2.28 bits per heavy atom. The van der Waals surface area contributed by atoms with E-state index >= 15 is 0 Å².